The zero-order valence-corrected chi connectivity index (χ0v) is 8.11. The normalized spacial score (nSPS) is 36.1. The quantitative estimate of drug-likeness (QED) is 0.524. The first kappa shape index (κ1) is 9.24. The number of carboxylic acid groups (broad SMARTS) is 1. The van der Waals surface area contributed by atoms with Crippen molar-refractivity contribution in [1.29, 1.82) is 0 Å². The first-order valence-electron chi connectivity index (χ1n) is 4.55. The lowest BCUT2D eigenvalue weighted by Gasteiger charge is -2.16. The summed E-state index contributed by atoms with van der Waals surface area (Å²) in [5.41, 5.74) is 0.390. The van der Waals surface area contributed by atoms with Crippen LogP contribution >= 0.6 is 0 Å². The highest BCUT2D eigenvalue weighted by Crippen LogP contribution is 2.59. The van der Waals surface area contributed by atoms with Crippen LogP contribution in [0.4, 0.5) is 0 Å². The van der Waals surface area contributed by atoms with Gasteiger partial charge in [-0.15, -0.1) is 0 Å². The Labute approximate surface area is 81.6 Å². The Balaban J connectivity index is 2.12. The van der Waals surface area contributed by atoms with Gasteiger partial charge in [0.05, 0.1) is 11.5 Å². The van der Waals surface area contributed by atoms with E-state index in [0.29, 0.717) is 12.2 Å². The molecule has 2 atom stereocenters. The maximum Gasteiger partial charge on any atom is 0.337 e. The minimum absolute atomic E-state index is 0.0251. The average molecular weight is 196 g/mol. The van der Waals surface area contributed by atoms with E-state index in [4.69, 9.17) is 5.11 Å². The molecule has 2 fully saturated rings. The molecule has 0 bridgehead atoms. The van der Waals surface area contributed by atoms with E-state index in [1.54, 1.807) is 6.08 Å². The molecule has 1 heterocycles. The summed E-state index contributed by atoms with van der Waals surface area (Å²) in [6.45, 7) is 4.13. The van der Waals surface area contributed by atoms with Crippen molar-refractivity contribution >= 4 is 11.9 Å². The number of hydrogen-bond donors (Lipinski definition) is 1. The largest absolute Gasteiger partial charge is 0.481 e. The number of esters is 1. The van der Waals surface area contributed by atoms with Crippen LogP contribution in [0.5, 0.6) is 0 Å². The standard InChI is InChI=1S/C10H12O4/c1-10(2)6(7(10)8(11)12)3-5-4-14-9(5)13/h3,6-7H,4H2,1-2H3,(H,11,12)/t6-,7-/m0/s1. The van der Waals surface area contributed by atoms with E-state index in [0.717, 1.165) is 0 Å². The number of allylic oxidation sites excluding steroid dienone is 1. The van der Waals surface area contributed by atoms with Crippen LogP contribution in [0.3, 0.4) is 0 Å². The van der Waals surface area contributed by atoms with Gasteiger partial charge in [0.15, 0.2) is 0 Å². The average Bonchev–Trinajstić information content (AvgIpc) is 2.61. The van der Waals surface area contributed by atoms with Gasteiger partial charge < -0.3 is 9.84 Å². The summed E-state index contributed by atoms with van der Waals surface area (Å²) in [5.74, 6) is -1.48. The van der Waals surface area contributed by atoms with Gasteiger partial charge in [0.25, 0.3) is 0 Å². The van der Waals surface area contributed by atoms with Crippen LogP contribution in [-0.2, 0) is 14.3 Å². The summed E-state index contributed by atoms with van der Waals surface area (Å²) in [4.78, 5) is 21.7. The smallest absolute Gasteiger partial charge is 0.337 e. The maximum atomic E-state index is 10.8. The minimum atomic E-state index is -0.787. The molecule has 2 rings (SSSR count). The van der Waals surface area contributed by atoms with Gasteiger partial charge in [0.1, 0.15) is 6.61 Å². The number of carbonyl (C=O) groups is 2. The zero-order chi connectivity index (χ0) is 10.5. The van der Waals surface area contributed by atoms with Gasteiger partial charge >= 0.3 is 11.9 Å². The predicted octanol–water partition coefficient (Wildman–Crippen LogP) is 0.826. The number of hydrogen-bond acceptors (Lipinski definition) is 3. The third kappa shape index (κ3) is 1.14. The maximum absolute atomic E-state index is 10.8. The van der Waals surface area contributed by atoms with E-state index in [1.165, 1.54) is 0 Å². The Bertz CT molecular complexity index is 340. The highest BCUT2D eigenvalue weighted by atomic mass is 16.6. The highest BCUT2D eigenvalue weighted by Gasteiger charge is 2.61. The van der Waals surface area contributed by atoms with E-state index in [1.807, 2.05) is 13.8 Å². The number of rotatable bonds is 2. The van der Waals surface area contributed by atoms with Crippen molar-refractivity contribution in [2.24, 2.45) is 17.3 Å². The van der Waals surface area contributed by atoms with Gasteiger partial charge in [-0.1, -0.05) is 19.9 Å². The lowest BCUT2D eigenvalue weighted by atomic mass is 10.1. The van der Waals surface area contributed by atoms with Crippen molar-refractivity contribution in [3.05, 3.63) is 11.6 Å². The Morgan fingerprint density at radius 3 is 2.57 bits per heavy atom. The van der Waals surface area contributed by atoms with Crippen molar-refractivity contribution in [2.45, 2.75) is 13.8 Å². The van der Waals surface area contributed by atoms with Crippen LogP contribution in [0.25, 0.3) is 0 Å². The summed E-state index contributed by atoms with van der Waals surface area (Å²) in [7, 11) is 0. The van der Waals surface area contributed by atoms with Crippen LogP contribution in [-0.4, -0.2) is 23.7 Å². The summed E-state index contributed by atoms with van der Waals surface area (Å²) in [6.07, 6.45) is 1.75. The van der Waals surface area contributed by atoms with E-state index < -0.39 is 5.97 Å². The topological polar surface area (TPSA) is 63.6 Å². The number of ether oxygens (including phenoxy) is 1. The van der Waals surface area contributed by atoms with Gasteiger partial charge in [-0.25, -0.2) is 4.79 Å². The summed E-state index contributed by atoms with van der Waals surface area (Å²) < 4.78 is 4.58. The van der Waals surface area contributed by atoms with E-state index >= 15 is 0 Å². The molecule has 1 saturated carbocycles. The second-order valence-electron chi connectivity index (χ2n) is 4.43. The van der Waals surface area contributed by atoms with Crippen molar-refractivity contribution in [3.63, 3.8) is 0 Å². The molecule has 1 aliphatic carbocycles. The van der Waals surface area contributed by atoms with Gasteiger partial charge in [0.2, 0.25) is 0 Å². The number of cyclic esters (lactones) is 1. The molecule has 1 saturated heterocycles. The van der Waals surface area contributed by atoms with Crippen molar-refractivity contribution in [1.82, 2.24) is 0 Å². The summed E-state index contributed by atoms with van der Waals surface area (Å²) in [6, 6.07) is 0. The molecule has 0 aromatic heterocycles. The molecular formula is C10H12O4. The SMILES string of the molecule is CC1(C)[C@H](C(=O)O)[C@@H]1C=C1COC1=O. The Kier molecular flexibility index (Phi) is 1.71. The van der Waals surface area contributed by atoms with Crippen molar-refractivity contribution in [2.75, 3.05) is 6.61 Å². The molecule has 14 heavy (non-hydrogen) atoms. The molecule has 4 nitrogen and oxygen atoms in total. The van der Waals surface area contributed by atoms with Gasteiger partial charge in [-0.3, -0.25) is 4.79 Å². The molecule has 4 heteroatoms. The first-order valence-corrected chi connectivity index (χ1v) is 4.55. The molecular weight excluding hydrogens is 184 g/mol. The summed E-state index contributed by atoms with van der Waals surface area (Å²) in [5, 5.41) is 8.88. The second kappa shape index (κ2) is 2.59. The van der Waals surface area contributed by atoms with Crippen LogP contribution in [0.15, 0.2) is 11.6 Å². The van der Waals surface area contributed by atoms with Crippen molar-refractivity contribution in [3.8, 4) is 0 Å². The van der Waals surface area contributed by atoms with Gasteiger partial charge in [-0.05, 0) is 11.3 Å². The number of carboxylic acids is 1. The molecule has 0 radical (unpaired) electrons. The summed E-state index contributed by atoms with van der Waals surface area (Å²) >= 11 is 0. The Morgan fingerprint density at radius 2 is 2.29 bits per heavy atom. The van der Waals surface area contributed by atoms with E-state index in [2.05, 4.69) is 4.74 Å². The molecule has 1 N–H and O–H groups in total. The number of carbonyl (C=O) groups excluding carboxylic acids is 1. The molecule has 0 aromatic carbocycles. The molecule has 0 amide bonds. The van der Waals surface area contributed by atoms with E-state index in [-0.39, 0.29) is 23.2 Å². The fourth-order valence-corrected chi connectivity index (χ4v) is 2.01. The Hall–Kier alpha value is -1.32. The molecule has 0 spiro atoms. The highest BCUT2D eigenvalue weighted by molar-refractivity contribution is 5.94. The van der Waals surface area contributed by atoms with E-state index in [9.17, 15) is 9.59 Å². The van der Waals surface area contributed by atoms with Crippen LogP contribution in [0.1, 0.15) is 13.8 Å². The monoisotopic (exact) mass is 196 g/mol. The van der Waals surface area contributed by atoms with Crippen LogP contribution in [0, 0.1) is 17.3 Å². The third-order valence-electron chi connectivity index (χ3n) is 3.18. The fourth-order valence-electron chi connectivity index (χ4n) is 2.01. The molecule has 76 valence electrons. The zero-order valence-electron chi connectivity index (χ0n) is 8.11. The first-order chi connectivity index (χ1) is 6.44. The predicted molar refractivity (Wildman–Crippen MR) is 47.4 cm³/mol. The molecule has 0 unspecified atom stereocenters. The molecule has 2 aliphatic rings. The second-order valence-corrected chi connectivity index (χ2v) is 4.43. The number of aliphatic carboxylic acids is 1. The van der Waals surface area contributed by atoms with Crippen molar-refractivity contribution < 1.29 is 19.4 Å². The van der Waals surface area contributed by atoms with Crippen LogP contribution < -0.4 is 0 Å². The van der Waals surface area contributed by atoms with Gasteiger partial charge in [-0.2, -0.15) is 0 Å². The lowest BCUT2D eigenvalue weighted by Crippen LogP contribution is -2.24. The third-order valence-corrected chi connectivity index (χ3v) is 3.18. The Morgan fingerprint density at radius 1 is 1.64 bits per heavy atom. The minimum Gasteiger partial charge on any atom is -0.481 e. The molecule has 0 aromatic rings. The van der Waals surface area contributed by atoms with Gasteiger partial charge in [0, 0.05) is 0 Å². The lowest BCUT2D eigenvalue weighted by molar-refractivity contribution is -0.147. The molecule has 1 aliphatic heterocycles. The fraction of sp³-hybridized carbons (Fsp3) is 0.600. The van der Waals surface area contributed by atoms with Crippen LogP contribution in [0.2, 0.25) is 0 Å².